The van der Waals surface area contributed by atoms with Gasteiger partial charge in [-0.25, -0.2) is 0 Å². The van der Waals surface area contributed by atoms with Crippen molar-refractivity contribution in [2.45, 2.75) is 11.3 Å². The molecule has 0 spiro atoms. The molecule has 0 unspecified atom stereocenters. The molecule has 0 atom stereocenters. The van der Waals surface area contributed by atoms with Gasteiger partial charge in [0.15, 0.2) is 0 Å². The second-order valence-corrected chi connectivity index (χ2v) is 7.58. The van der Waals surface area contributed by atoms with Gasteiger partial charge in [0.1, 0.15) is 0 Å². The summed E-state index contributed by atoms with van der Waals surface area (Å²) < 4.78 is 7.67. The first-order chi connectivity index (χ1) is 14.6. The molecule has 0 saturated carbocycles. The van der Waals surface area contributed by atoms with Crippen LogP contribution >= 0.6 is 23.5 Å². The molecule has 3 rings (SSSR count). The van der Waals surface area contributed by atoms with Gasteiger partial charge in [-0.05, 0) is 66.5 Å². The summed E-state index contributed by atoms with van der Waals surface area (Å²) >= 11 is 7.68. The number of pyridine rings is 1. The Morgan fingerprint density at radius 1 is 1.10 bits per heavy atom. The van der Waals surface area contributed by atoms with Crippen LogP contribution in [0.1, 0.15) is 16.8 Å². The van der Waals surface area contributed by atoms with Crippen molar-refractivity contribution < 1.29 is 14.3 Å². The lowest BCUT2D eigenvalue weighted by atomic mass is 10.1. The van der Waals surface area contributed by atoms with Gasteiger partial charge < -0.3 is 10.1 Å². The molecule has 30 heavy (non-hydrogen) atoms. The van der Waals surface area contributed by atoms with Gasteiger partial charge in [0.2, 0.25) is 0 Å². The second kappa shape index (κ2) is 10.8. The van der Waals surface area contributed by atoms with Crippen molar-refractivity contribution in [3.8, 4) is 11.3 Å². The van der Waals surface area contributed by atoms with Crippen LogP contribution in [-0.2, 0) is 9.53 Å². The van der Waals surface area contributed by atoms with E-state index >= 15 is 0 Å². The maximum Gasteiger partial charge on any atom is 0.306 e. The van der Waals surface area contributed by atoms with E-state index in [0.717, 1.165) is 16.2 Å². The van der Waals surface area contributed by atoms with E-state index in [1.165, 1.54) is 19.1 Å². The summed E-state index contributed by atoms with van der Waals surface area (Å²) in [5.74, 6) is -0.483. The number of benzene rings is 2. The van der Waals surface area contributed by atoms with E-state index in [9.17, 15) is 9.59 Å². The van der Waals surface area contributed by atoms with Crippen LogP contribution in [0.25, 0.3) is 11.3 Å². The highest BCUT2D eigenvalue weighted by atomic mass is 35.5. The highest BCUT2D eigenvalue weighted by molar-refractivity contribution is 7.97. The van der Waals surface area contributed by atoms with E-state index in [4.69, 9.17) is 11.6 Å². The van der Waals surface area contributed by atoms with Crippen LogP contribution < -0.4 is 10.0 Å². The number of amides is 1. The summed E-state index contributed by atoms with van der Waals surface area (Å²) in [5, 5.41) is 3.45. The standard InChI is InChI=1S/C22H20ClN3O3S/c1-29-21(27)11-13-25-30-17-8-5-15(6-9-17)22(28)26-16-7-10-19(23)18(14-16)20-4-2-3-12-24-20/h2-10,12,14,25H,11,13H2,1H3,(H,26,28). The number of hydrogen-bond donors (Lipinski definition) is 2. The first-order valence-electron chi connectivity index (χ1n) is 9.15. The molecule has 1 amide bonds. The highest BCUT2D eigenvalue weighted by Gasteiger charge is 2.10. The van der Waals surface area contributed by atoms with Crippen molar-refractivity contribution in [3.63, 3.8) is 0 Å². The fraction of sp³-hybridized carbons (Fsp3) is 0.136. The normalized spacial score (nSPS) is 10.5. The predicted molar refractivity (Wildman–Crippen MR) is 120 cm³/mol. The molecule has 1 heterocycles. The first-order valence-corrected chi connectivity index (χ1v) is 10.3. The topological polar surface area (TPSA) is 80.3 Å². The largest absolute Gasteiger partial charge is 0.469 e. The molecule has 0 aliphatic heterocycles. The number of rotatable bonds is 8. The number of anilines is 1. The number of esters is 1. The van der Waals surface area contributed by atoms with Gasteiger partial charge in [0, 0.05) is 34.5 Å². The number of aromatic nitrogens is 1. The number of hydrogen-bond acceptors (Lipinski definition) is 6. The van der Waals surface area contributed by atoms with Gasteiger partial charge in [0.05, 0.1) is 24.2 Å². The number of carbonyl (C=O) groups excluding carboxylic acids is 2. The van der Waals surface area contributed by atoms with Crippen molar-refractivity contribution in [1.82, 2.24) is 9.71 Å². The minimum atomic E-state index is -0.261. The van der Waals surface area contributed by atoms with Gasteiger partial charge in [-0.2, -0.15) is 0 Å². The van der Waals surface area contributed by atoms with Crippen LogP contribution in [0.3, 0.4) is 0 Å². The average molecular weight is 442 g/mol. The highest BCUT2D eigenvalue weighted by Crippen LogP contribution is 2.29. The van der Waals surface area contributed by atoms with Crippen molar-refractivity contribution >= 4 is 41.1 Å². The van der Waals surface area contributed by atoms with Crippen LogP contribution in [-0.4, -0.2) is 30.5 Å². The smallest absolute Gasteiger partial charge is 0.306 e. The molecule has 0 fully saturated rings. The van der Waals surface area contributed by atoms with Crippen LogP contribution in [0.4, 0.5) is 5.69 Å². The third kappa shape index (κ3) is 6.06. The zero-order chi connectivity index (χ0) is 21.3. The maximum absolute atomic E-state index is 12.6. The van der Waals surface area contributed by atoms with E-state index in [1.807, 2.05) is 30.3 Å². The monoisotopic (exact) mass is 441 g/mol. The molecule has 1 aromatic heterocycles. The molecule has 0 aliphatic rings. The van der Waals surface area contributed by atoms with E-state index in [-0.39, 0.29) is 11.9 Å². The Kier molecular flexibility index (Phi) is 7.84. The molecular formula is C22H20ClN3O3S. The minimum absolute atomic E-state index is 0.223. The third-order valence-corrected chi connectivity index (χ3v) is 5.32. The fourth-order valence-electron chi connectivity index (χ4n) is 2.59. The number of methoxy groups -OCH3 is 1. The van der Waals surface area contributed by atoms with Crippen molar-refractivity contribution in [2.75, 3.05) is 19.0 Å². The van der Waals surface area contributed by atoms with E-state index in [1.54, 1.807) is 36.5 Å². The molecule has 0 saturated heterocycles. The lowest BCUT2D eigenvalue weighted by Gasteiger charge is -2.10. The number of halogens is 1. The molecular weight excluding hydrogens is 422 g/mol. The predicted octanol–water partition coefficient (Wildman–Crippen LogP) is 4.81. The lowest BCUT2D eigenvalue weighted by Crippen LogP contribution is -2.13. The molecule has 2 aromatic carbocycles. The SMILES string of the molecule is COC(=O)CCNSc1ccc(C(=O)Nc2ccc(Cl)c(-c3ccccn3)c2)cc1. The molecule has 6 nitrogen and oxygen atoms in total. The van der Waals surface area contributed by atoms with Gasteiger partial charge >= 0.3 is 5.97 Å². The van der Waals surface area contributed by atoms with E-state index in [2.05, 4.69) is 19.8 Å². The van der Waals surface area contributed by atoms with Crippen LogP contribution in [0, 0.1) is 0 Å². The van der Waals surface area contributed by atoms with E-state index < -0.39 is 0 Å². The number of nitrogens with zero attached hydrogens (tertiary/aromatic N) is 1. The first kappa shape index (κ1) is 21.8. The Bertz CT molecular complexity index is 1010. The Morgan fingerprint density at radius 2 is 1.90 bits per heavy atom. The summed E-state index contributed by atoms with van der Waals surface area (Å²) in [6.07, 6.45) is 1.99. The molecule has 3 aromatic rings. The fourth-order valence-corrected chi connectivity index (χ4v) is 3.45. The van der Waals surface area contributed by atoms with E-state index in [0.29, 0.717) is 29.2 Å². The van der Waals surface area contributed by atoms with Crippen molar-refractivity contribution in [2.24, 2.45) is 0 Å². The summed E-state index contributed by atoms with van der Waals surface area (Å²) in [6, 6.07) is 18.0. The van der Waals surface area contributed by atoms with Crippen LogP contribution in [0.5, 0.6) is 0 Å². The van der Waals surface area contributed by atoms with Gasteiger partial charge in [0.25, 0.3) is 5.91 Å². The second-order valence-electron chi connectivity index (χ2n) is 6.21. The lowest BCUT2D eigenvalue weighted by molar-refractivity contribution is -0.140. The summed E-state index contributed by atoms with van der Waals surface area (Å²) in [7, 11) is 1.36. The minimum Gasteiger partial charge on any atom is -0.469 e. The third-order valence-electron chi connectivity index (χ3n) is 4.13. The van der Waals surface area contributed by atoms with Crippen molar-refractivity contribution in [3.05, 3.63) is 77.4 Å². The number of ether oxygens (including phenoxy) is 1. The zero-order valence-corrected chi connectivity index (χ0v) is 17.8. The van der Waals surface area contributed by atoms with Gasteiger partial charge in [-0.15, -0.1) is 0 Å². The average Bonchev–Trinajstić information content (AvgIpc) is 2.78. The maximum atomic E-state index is 12.6. The van der Waals surface area contributed by atoms with Gasteiger partial charge in [-0.3, -0.25) is 19.3 Å². The summed E-state index contributed by atoms with van der Waals surface area (Å²) in [6.45, 7) is 0.495. The summed E-state index contributed by atoms with van der Waals surface area (Å²) in [5.41, 5.74) is 2.65. The Balaban J connectivity index is 1.60. The number of carbonyl (C=O) groups is 2. The molecule has 2 N–H and O–H groups in total. The number of nitrogens with one attached hydrogen (secondary N) is 2. The molecule has 0 radical (unpaired) electrons. The Hall–Kier alpha value is -2.87. The molecule has 154 valence electrons. The Morgan fingerprint density at radius 3 is 2.60 bits per heavy atom. The molecule has 8 heteroatoms. The quantitative estimate of drug-likeness (QED) is 0.296. The molecule has 0 bridgehead atoms. The van der Waals surface area contributed by atoms with Gasteiger partial charge in [-0.1, -0.05) is 17.7 Å². The molecule has 0 aliphatic carbocycles. The van der Waals surface area contributed by atoms with Crippen LogP contribution in [0.2, 0.25) is 5.02 Å². The van der Waals surface area contributed by atoms with Crippen molar-refractivity contribution in [1.29, 1.82) is 0 Å². The zero-order valence-electron chi connectivity index (χ0n) is 16.2. The van der Waals surface area contributed by atoms with Crippen LogP contribution in [0.15, 0.2) is 71.8 Å². The Labute approximate surface area is 184 Å². The summed E-state index contributed by atoms with van der Waals surface area (Å²) in [4.78, 5) is 28.9.